The van der Waals surface area contributed by atoms with Crippen molar-refractivity contribution < 1.29 is 9.50 Å². The molecule has 0 atom stereocenters. The van der Waals surface area contributed by atoms with E-state index in [1.54, 1.807) is 23.0 Å². The monoisotopic (exact) mass is 206 g/mol. The molecule has 1 heterocycles. The van der Waals surface area contributed by atoms with Gasteiger partial charge in [-0.3, -0.25) is 4.68 Å². The van der Waals surface area contributed by atoms with Crippen molar-refractivity contribution in [1.29, 1.82) is 0 Å². The summed E-state index contributed by atoms with van der Waals surface area (Å²) in [5, 5.41) is 12.9. The molecule has 1 N–H and O–H groups in total. The lowest BCUT2D eigenvalue weighted by molar-refractivity contribution is 0.275. The van der Waals surface area contributed by atoms with Crippen molar-refractivity contribution in [1.82, 2.24) is 9.78 Å². The van der Waals surface area contributed by atoms with Gasteiger partial charge in [0, 0.05) is 6.20 Å². The fraction of sp³-hybridized carbons (Fsp3) is 0.182. The topological polar surface area (TPSA) is 38.0 Å². The minimum absolute atomic E-state index is 0.0733. The van der Waals surface area contributed by atoms with Crippen molar-refractivity contribution >= 4 is 0 Å². The lowest BCUT2D eigenvalue weighted by Gasteiger charge is -2.01. The Morgan fingerprint density at radius 1 is 1.33 bits per heavy atom. The van der Waals surface area contributed by atoms with Gasteiger partial charge < -0.3 is 5.11 Å². The van der Waals surface area contributed by atoms with E-state index in [9.17, 15) is 4.39 Å². The summed E-state index contributed by atoms with van der Waals surface area (Å²) in [4.78, 5) is 0. The molecule has 15 heavy (non-hydrogen) atoms. The largest absolute Gasteiger partial charge is 0.390 e. The van der Waals surface area contributed by atoms with Crippen molar-refractivity contribution in [2.24, 2.45) is 0 Å². The summed E-state index contributed by atoms with van der Waals surface area (Å²) in [5.41, 5.74) is 1.47. The first-order valence-corrected chi connectivity index (χ1v) is 4.65. The molecule has 0 aliphatic rings. The highest BCUT2D eigenvalue weighted by Gasteiger charge is 1.99. The molecule has 2 aromatic rings. The average Bonchev–Trinajstić information content (AvgIpc) is 2.65. The highest BCUT2D eigenvalue weighted by atomic mass is 19.1. The van der Waals surface area contributed by atoms with E-state index in [0.29, 0.717) is 12.2 Å². The molecule has 78 valence electrons. The molecule has 1 aromatic carbocycles. The van der Waals surface area contributed by atoms with Gasteiger partial charge in [-0.2, -0.15) is 5.10 Å². The molecule has 0 aliphatic carbocycles. The van der Waals surface area contributed by atoms with Crippen LogP contribution in [0.4, 0.5) is 4.39 Å². The summed E-state index contributed by atoms with van der Waals surface area (Å²) in [6.07, 6.45) is 1.76. The average molecular weight is 206 g/mol. The molecule has 0 saturated carbocycles. The number of aliphatic hydroxyl groups excluding tert-OH is 1. The Kier molecular flexibility index (Phi) is 2.78. The second-order valence-electron chi connectivity index (χ2n) is 3.29. The minimum Gasteiger partial charge on any atom is -0.390 e. The van der Waals surface area contributed by atoms with Gasteiger partial charge in [0.15, 0.2) is 0 Å². The van der Waals surface area contributed by atoms with E-state index in [-0.39, 0.29) is 12.4 Å². The molecule has 0 unspecified atom stereocenters. The number of hydrogen-bond acceptors (Lipinski definition) is 2. The zero-order valence-electron chi connectivity index (χ0n) is 8.10. The number of aliphatic hydroxyl groups is 1. The maximum Gasteiger partial charge on any atom is 0.123 e. The van der Waals surface area contributed by atoms with Crippen LogP contribution < -0.4 is 0 Å². The van der Waals surface area contributed by atoms with E-state index in [2.05, 4.69) is 5.10 Å². The van der Waals surface area contributed by atoms with Gasteiger partial charge in [-0.25, -0.2) is 4.39 Å². The summed E-state index contributed by atoms with van der Waals surface area (Å²) in [7, 11) is 0. The highest BCUT2D eigenvalue weighted by Crippen LogP contribution is 2.06. The van der Waals surface area contributed by atoms with E-state index in [1.165, 1.54) is 12.1 Å². The van der Waals surface area contributed by atoms with Crippen molar-refractivity contribution in [3.8, 4) is 0 Å². The first-order chi connectivity index (χ1) is 7.28. The Hall–Kier alpha value is -1.68. The van der Waals surface area contributed by atoms with Crippen LogP contribution in [-0.4, -0.2) is 14.9 Å². The normalized spacial score (nSPS) is 10.5. The molecule has 0 radical (unpaired) electrons. The van der Waals surface area contributed by atoms with E-state index in [0.717, 1.165) is 5.56 Å². The number of nitrogens with zero attached hydrogens (tertiary/aromatic N) is 2. The lowest BCUT2D eigenvalue weighted by atomic mass is 10.2. The van der Waals surface area contributed by atoms with Gasteiger partial charge in [-0.05, 0) is 23.8 Å². The number of benzene rings is 1. The molecule has 0 fully saturated rings. The Bertz CT molecular complexity index is 453. The molecule has 4 heteroatoms. The van der Waals surface area contributed by atoms with E-state index in [1.807, 2.05) is 6.07 Å². The molecule has 0 saturated heterocycles. The quantitative estimate of drug-likeness (QED) is 0.827. The predicted octanol–water partition coefficient (Wildman–Crippen LogP) is 1.56. The Morgan fingerprint density at radius 2 is 2.20 bits per heavy atom. The molecule has 0 spiro atoms. The van der Waals surface area contributed by atoms with Gasteiger partial charge >= 0.3 is 0 Å². The number of rotatable bonds is 3. The first-order valence-electron chi connectivity index (χ1n) is 4.65. The smallest absolute Gasteiger partial charge is 0.123 e. The van der Waals surface area contributed by atoms with Crippen LogP contribution in [0.5, 0.6) is 0 Å². The number of hydrogen-bond donors (Lipinski definition) is 1. The predicted molar refractivity (Wildman–Crippen MR) is 53.7 cm³/mol. The zero-order valence-corrected chi connectivity index (χ0v) is 8.10. The Morgan fingerprint density at radius 3 is 2.87 bits per heavy atom. The van der Waals surface area contributed by atoms with Crippen molar-refractivity contribution in [3.05, 3.63) is 53.6 Å². The first kappa shape index (κ1) is 9.86. The van der Waals surface area contributed by atoms with Crippen LogP contribution in [0.1, 0.15) is 11.3 Å². The lowest BCUT2D eigenvalue weighted by Crippen LogP contribution is -2.01. The van der Waals surface area contributed by atoms with E-state index >= 15 is 0 Å². The maximum absolute atomic E-state index is 12.9. The molecule has 1 aromatic heterocycles. The van der Waals surface area contributed by atoms with Gasteiger partial charge in [-0.15, -0.1) is 0 Å². The molecule has 0 aliphatic heterocycles. The van der Waals surface area contributed by atoms with Crippen LogP contribution in [0, 0.1) is 5.82 Å². The third kappa shape index (κ3) is 2.41. The fourth-order valence-corrected chi connectivity index (χ4v) is 1.40. The molecule has 0 bridgehead atoms. The number of halogens is 1. The fourth-order valence-electron chi connectivity index (χ4n) is 1.40. The second-order valence-corrected chi connectivity index (χ2v) is 3.29. The van der Waals surface area contributed by atoms with Crippen LogP contribution >= 0.6 is 0 Å². The maximum atomic E-state index is 12.9. The summed E-state index contributed by atoms with van der Waals surface area (Å²) in [6, 6.07) is 8.12. The van der Waals surface area contributed by atoms with Gasteiger partial charge in [0.25, 0.3) is 0 Å². The highest BCUT2D eigenvalue weighted by molar-refractivity contribution is 5.16. The minimum atomic E-state index is -0.248. The van der Waals surface area contributed by atoms with Crippen LogP contribution in [0.2, 0.25) is 0 Å². The summed E-state index contributed by atoms with van der Waals surface area (Å²) < 4.78 is 14.5. The zero-order chi connectivity index (χ0) is 10.7. The van der Waals surface area contributed by atoms with Gasteiger partial charge in [0.05, 0.1) is 18.8 Å². The summed E-state index contributed by atoms with van der Waals surface area (Å²) in [6.45, 7) is 0.438. The third-order valence-corrected chi connectivity index (χ3v) is 2.09. The van der Waals surface area contributed by atoms with Crippen LogP contribution in [-0.2, 0) is 13.2 Å². The van der Waals surface area contributed by atoms with Crippen LogP contribution in [0.15, 0.2) is 36.5 Å². The standard InChI is InChI=1S/C11H11FN2O/c12-10-3-1-2-9(6-10)7-14-5-4-11(8-15)13-14/h1-6,15H,7-8H2. The van der Waals surface area contributed by atoms with Crippen LogP contribution in [0.3, 0.4) is 0 Å². The summed E-state index contributed by atoms with van der Waals surface area (Å²) in [5.74, 6) is -0.248. The van der Waals surface area contributed by atoms with E-state index < -0.39 is 0 Å². The third-order valence-electron chi connectivity index (χ3n) is 2.09. The Balaban J connectivity index is 2.14. The molecular weight excluding hydrogens is 195 g/mol. The van der Waals surface area contributed by atoms with Crippen molar-refractivity contribution in [3.63, 3.8) is 0 Å². The molecule has 2 rings (SSSR count). The Labute approximate surface area is 86.8 Å². The van der Waals surface area contributed by atoms with Crippen molar-refractivity contribution in [2.75, 3.05) is 0 Å². The number of aromatic nitrogens is 2. The van der Waals surface area contributed by atoms with E-state index in [4.69, 9.17) is 5.11 Å². The van der Waals surface area contributed by atoms with Gasteiger partial charge in [-0.1, -0.05) is 12.1 Å². The van der Waals surface area contributed by atoms with Gasteiger partial charge in [0.1, 0.15) is 5.82 Å². The van der Waals surface area contributed by atoms with Gasteiger partial charge in [0.2, 0.25) is 0 Å². The molecular formula is C11H11FN2O. The second kappa shape index (κ2) is 4.23. The SMILES string of the molecule is OCc1ccn(Cc2cccc(F)c2)n1. The van der Waals surface area contributed by atoms with Crippen LogP contribution in [0.25, 0.3) is 0 Å². The molecule has 3 nitrogen and oxygen atoms in total. The van der Waals surface area contributed by atoms with Crippen molar-refractivity contribution in [2.45, 2.75) is 13.2 Å². The molecule has 0 amide bonds. The summed E-state index contributed by atoms with van der Waals surface area (Å²) >= 11 is 0.